The first kappa shape index (κ1) is 12.0. The predicted molar refractivity (Wildman–Crippen MR) is 72.7 cm³/mol. The fraction of sp³-hybridized carbons (Fsp3) is 0.429. The molecule has 0 bridgehead atoms. The largest absolute Gasteiger partial charge is 0.399 e. The molecule has 1 unspecified atom stereocenters. The molecule has 0 aromatic heterocycles. The summed E-state index contributed by atoms with van der Waals surface area (Å²) in [6.07, 6.45) is 3.85. The summed E-state index contributed by atoms with van der Waals surface area (Å²) < 4.78 is 0. The lowest BCUT2D eigenvalue weighted by Gasteiger charge is -2.18. The summed E-state index contributed by atoms with van der Waals surface area (Å²) in [4.78, 5) is 27.8. The van der Waals surface area contributed by atoms with Gasteiger partial charge in [0.25, 0.3) is 5.91 Å². The SMILES string of the molecule is Nc1ccc(N2C(=O)C3CCCCCN3C2=O)cc1. The number of carbonyl (C=O) groups excluding carboxylic acids is 2. The van der Waals surface area contributed by atoms with Gasteiger partial charge in [0.2, 0.25) is 0 Å². The first-order chi connectivity index (χ1) is 9.18. The van der Waals surface area contributed by atoms with Crippen LogP contribution >= 0.6 is 0 Å². The van der Waals surface area contributed by atoms with Gasteiger partial charge in [-0.3, -0.25) is 4.79 Å². The van der Waals surface area contributed by atoms with Gasteiger partial charge < -0.3 is 10.6 Å². The van der Waals surface area contributed by atoms with Crippen molar-refractivity contribution in [1.29, 1.82) is 0 Å². The van der Waals surface area contributed by atoms with Crippen LogP contribution in [0.5, 0.6) is 0 Å². The number of anilines is 2. The molecule has 2 saturated heterocycles. The van der Waals surface area contributed by atoms with E-state index < -0.39 is 0 Å². The van der Waals surface area contributed by atoms with Crippen LogP contribution in [0.1, 0.15) is 25.7 Å². The third-order valence-electron chi connectivity index (χ3n) is 3.85. The minimum Gasteiger partial charge on any atom is -0.399 e. The molecule has 0 saturated carbocycles. The van der Waals surface area contributed by atoms with Crippen molar-refractivity contribution in [3.63, 3.8) is 0 Å². The third-order valence-corrected chi connectivity index (χ3v) is 3.85. The Morgan fingerprint density at radius 1 is 1.05 bits per heavy atom. The number of fused-ring (bicyclic) bond motifs is 1. The van der Waals surface area contributed by atoms with Gasteiger partial charge in [-0.25, -0.2) is 9.69 Å². The Morgan fingerprint density at radius 2 is 1.79 bits per heavy atom. The van der Waals surface area contributed by atoms with Gasteiger partial charge >= 0.3 is 6.03 Å². The second-order valence-electron chi connectivity index (χ2n) is 5.11. The number of rotatable bonds is 1. The number of amides is 3. The van der Waals surface area contributed by atoms with Crippen molar-refractivity contribution in [3.05, 3.63) is 24.3 Å². The summed E-state index contributed by atoms with van der Waals surface area (Å²) in [5.41, 5.74) is 6.86. The van der Waals surface area contributed by atoms with E-state index in [0.717, 1.165) is 25.7 Å². The number of carbonyl (C=O) groups is 2. The molecule has 0 aliphatic carbocycles. The van der Waals surface area contributed by atoms with Crippen LogP contribution in [0.4, 0.5) is 16.2 Å². The molecule has 100 valence electrons. The number of hydrogen-bond donors (Lipinski definition) is 1. The summed E-state index contributed by atoms with van der Waals surface area (Å²) in [7, 11) is 0. The maximum Gasteiger partial charge on any atom is 0.332 e. The molecule has 3 amide bonds. The number of nitrogens with two attached hydrogens (primary N) is 1. The Morgan fingerprint density at radius 3 is 2.53 bits per heavy atom. The lowest BCUT2D eigenvalue weighted by molar-refractivity contribution is -0.119. The molecular weight excluding hydrogens is 242 g/mol. The molecule has 1 aromatic carbocycles. The zero-order chi connectivity index (χ0) is 13.4. The maximum atomic E-state index is 12.4. The minimum absolute atomic E-state index is 0.100. The first-order valence-electron chi connectivity index (χ1n) is 6.68. The van der Waals surface area contributed by atoms with Crippen LogP contribution in [0.25, 0.3) is 0 Å². The molecule has 5 nitrogen and oxygen atoms in total. The lowest BCUT2D eigenvalue weighted by atomic mass is 10.1. The highest BCUT2D eigenvalue weighted by atomic mass is 16.2. The van der Waals surface area contributed by atoms with Crippen LogP contribution in [-0.4, -0.2) is 29.4 Å². The summed E-state index contributed by atoms with van der Waals surface area (Å²) in [6, 6.07) is 6.39. The maximum absolute atomic E-state index is 12.4. The topological polar surface area (TPSA) is 66.6 Å². The van der Waals surface area contributed by atoms with Gasteiger partial charge in [-0.05, 0) is 37.1 Å². The molecule has 2 aliphatic heterocycles. The fourth-order valence-corrected chi connectivity index (χ4v) is 2.83. The van der Waals surface area contributed by atoms with E-state index in [2.05, 4.69) is 0 Å². The molecule has 0 radical (unpaired) electrons. The van der Waals surface area contributed by atoms with Crippen LogP contribution in [0.3, 0.4) is 0 Å². The molecule has 1 aromatic rings. The Labute approximate surface area is 112 Å². The van der Waals surface area contributed by atoms with Crippen LogP contribution < -0.4 is 10.6 Å². The van der Waals surface area contributed by atoms with Crippen molar-refractivity contribution >= 4 is 23.3 Å². The highest BCUT2D eigenvalue weighted by Gasteiger charge is 2.45. The number of nitrogen functional groups attached to an aromatic ring is 1. The average Bonchev–Trinajstić information content (AvgIpc) is 2.61. The Kier molecular flexibility index (Phi) is 2.89. The molecule has 5 heteroatoms. The number of hydrogen-bond acceptors (Lipinski definition) is 3. The molecule has 2 heterocycles. The van der Waals surface area contributed by atoms with Crippen molar-refractivity contribution in [2.24, 2.45) is 0 Å². The number of nitrogens with zero attached hydrogens (tertiary/aromatic N) is 2. The normalized spacial score (nSPS) is 23.5. The highest BCUT2D eigenvalue weighted by molar-refractivity contribution is 6.21. The van der Waals surface area contributed by atoms with E-state index in [4.69, 9.17) is 5.73 Å². The zero-order valence-corrected chi connectivity index (χ0v) is 10.7. The smallest absolute Gasteiger partial charge is 0.332 e. The molecule has 1 atom stereocenters. The fourth-order valence-electron chi connectivity index (χ4n) is 2.83. The second kappa shape index (κ2) is 4.57. The zero-order valence-electron chi connectivity index (χ0n) is 10.7. The van der Waals surface area contributed by atoms with Crippen LogP contribution in [0, 0.1) is 0 Å². The van der Waals surface area contributed by atoms with E-state index >= 15 is 0 Å². The average molecular weight is 259 g/mol. The molecule has 2 fully saturated rings. The van der Waals surface area contributed by atoms with Crippen molar-refractivity contribution < 1.29 is 9.59 Å². The van der Waals surface area contributed by atoms with E-state index in [9.17, 15) is 9.59 Å². The molecule has 2 aliphatic rings. The van der Waals surface area contributed by atoms with Gasteiger partial charge in [-0.15, -0.1) is 0 Å². The highest BCUT2D eigenvalue weighted by Crippen LogP contribution is 2.30. The molecule has 2 N–H and O–H groups in total. The quantitative estimate of drug-likeness (QED) is 0.619. The number of benzene rings is 1. The van der Waals surface area contributed by atoms with Gasteiger partial charge in [0.15, 0.2) is 0 Å². The van der Waals surface area contributed by atoms with Crippen molar-refractivity contribution in [2.45, 2.75) is 31.7 Å². The summed E-state index contributed by atoms with van der Waals surface area (Å²) in [6.45, 7) is 0.681. The minimum atomic E-state index is -0.271. The Balaban J connectivity index is 1.93. The molecule has 19 heavy (non-hydrogen) atoms. The van der Waals surface area contributed by atoms with Crippen molar-refractivity contribution in [3.8, 4) is 0 Å². The van der Waals surface area contributed by atoms with E-state index in [0.29, 0.717) is 17.9 Å². The van der Waals surface area contributed by atoms with Gasteiger partial charge in [0.1, 0.15) is 6.04 Å². The van der Waals surface area contributed by atoms with Crippen LogP contribution in [0.2, 0.25) is 0 Å². The van der Waals surface area contributed by atoms with E-state index in [1.165, 1.54) is 4.90 Å². The van der Waals surface area contributed by atoms with E-state index in [-0.39, 0.29) is 18.0 Å². The van der Waals surface area contributed by atoms with Gasteiger partial charge in [0.05, 0.1) is 5.69 Å². The van der Waals surface area contributed by atoms with Gasteiger partial charge in [0, 0.05) is 12.2 Å². The summed E-state index contributed by atoms with van der Waals surface area (Å²) >= 11 is 0. The van der Waals surface area contributed by atoms with Crippen LogP contribution in [-0.2, 0) is 4.79 Å². The van der Waals surface area contributed by atoms with Gasteiger partial charge in [-0.1, -0.05) is 12.8 Å². The summed E-state index contributed by atoms with van der Waals surface area (Å²) in [5, 5.41) is 0. The lowest BCUT2D eigenvalue weighted by Crippen LogP contribution is -2.34. The van der Waals surface area contributed by atoms with Crippen LogP contribution in [0.15, 0.2) is 24.3 Å². The molecular formula is C14H17N3O2. The molecule has 0 spiro atoms. The monoisotopic (exact) mass is 259 g/mol. The Bertz CT molecular complexity index is 488. The molecule has 3 rings (SSSR count). The van der Waals surface area contributed by atoms with Crippen molar-refractivity contribution in [2.75, 3.05) is 17.2 Å². The number of imide groups is 1. The predicted octanol–water partition coefficient (Wildman–Crippen LogP) is 1.98. The van der Waals surface area contributed by atoms with E-state index in [1.54, 1.807) is 29.2 Å². The van der Waals surface area contributed by atoms with E-state index in [1.807, 2.05) is 0 Å². The van der Waals surface area contributed by atoms with Gasteiger partial charge in [-0.2, -0.15) is 0 Å². The standard InChI is InChI=1S/C14H17N3O2/c15-10-5-7-11(8-6-10)17-13(18)12-4-2-1-3-9-16(12)14(17)19/h5-8,12H,1-4,9,15H2. The second-order valence-corrected chi connectivity index (χ2v) is 5.11. The first-order valence-corrected chi connectivity index (χ1v) is 6.68. The Hall–Kier alpha value is -2.04. The summed E-state index contributed by atoms with van der Waals surface area (Å²) in [5.74, 6) is -0.100. The van der Waals surface area contributed by atoms with Crippen molar-refractivity contribution in [1.82, 2.24) is 4.90 Å². The number of urea groups is 1. The third kappa shape index (κ3) is 1.95.